The van der Waals surface area contributed by atoms with Crippen molar-refractivity contribution in [1.29, 1.82) is 0 Å². The number of halogens is 1. The van der Waals surface area contributed by atoms with Gasteiger partial charge < -0.3 is 14.6 Å². The molecule has 0 aliphatic carbocycles. The molecule has 2 aromatic heterocycles. The fraction of sp³-hybridized carbons (Fsp3) is 0.500. The molecule has 0 aromatic carbocycles. The van der Waals surface area contributed by atoms with Crippen molar-refractivity contribution in [3.8, 4) is 0 Å². The number of carboxylic acid groups (broad SMARTS) is 1. The summed E-state index contributed by atoms with van der Waals surface area (Å²) in [6, 6.07) is 1.86. The molecule has 2 aromatic rings. The first kappa shape index (κ1) is 17.6. The number of carbonyl (C=O) groups excluding carboxylic acids is 1. The molecule has 1 amide bonds. The topological polar surface area (TPSA) is 106 Å². The van der Waals surface area contributed by atoms with E-state index in [-0.39, 0.29) is 18.8 Å². The van der Waals surface area contributed by atoms with E-state index in [9.17, 15) is 9.18 Å². The van der Waals surface area contributed by atoms with Crippen LogP contribution in [0.5, 0.6) is 0 Å². The van der Waals surface area contributed by atoms with E-state index in [1.165, 1.54) is 0 Å². The van der Waals surface area contributed by atoms with Crippen molar-refractivity contribution in [1.82, 2.24) is 29.4 Å². The average molecular weight is 338 g/mol. The quantitative estimate of drug-likeness (QED) is 0.785. The van der Waals surface area contributed by atoms with E-state index in [1.54, 1.807) is 15.8 Å². The van der Waals surface area contributed by atoms with Gasteiger partial charge in [0, 0.05) is 38.4 Å². The smallest absolute Gasteiger partial charge is 0.290 e. The summed E-state index contributed by atoms with van der Waals surface area (Å²) in [6.45, 7) is 1.47. The Labute approximate surface area is 137 Å². The predicted molar refractivity (Wildman–Crippen MR) is 80.9 cm³/mol. The van der Waals surface area contributed by atoms with E-state index in [0.717, 1.165) is 11.6 Å². The zero-order chi connectivity index (χ0) is 17.4. The minimum absolute atomic E-state index is 0.0410. The number of hydrogen-bond acceptors (Lipinski definition) is 5. The largest absolute Gasteiger partial charge is 0.483 e. The number of rotatable bonds is 4. The van der Waals surface area contributed by atoms with Gasteiger partial charge in [0.15, 0.2) is 5.82 Å². The Bertz CT molecular complexity index is 658. The Hall–Kier alpha value is -2.78. The van der Waals surface area contributed by atoms with Crippen LogP contribution in [0.25, 0.3) is 0 Å². The van der Waals surface area contributed by atoms with E-state index in [2.05, 4.69) is 15.3 Å². The molecule has 0 fully saturated rings. The first-order valence-electron chi connectivity index (χ1n) is 7.49. The lowest BCUT2D eigenvalue weighted by molar-refractivity contribution is -0.131. The molecule has 0 spiro atoms. The summed E-state index contributed by atoms with van der Waals surface area (Å²) in [6.07, 6.45) is 4.19. The number of amides is 1. The fourth-order valence-corrected chi connectivity index (χ4v) is 2.53. The normalized spacial score (nSPS) is 13.5. The Kier molecular flexibility index (Phi) is 6.41. The van der Waals surface area contributed by atoms with E-state index in [4.69, 9.17) is 9.90 Å². The van der Waals surface area contributed by atoms with Gasteiger partial charge in [0.2, 0.25) is 5.91 Å². The first-order valence-corrected chi connectivity index (χ1v) is 7.49. The number of carbonyl (C=O) groups is 2. The van der Waals surface area contributed by atoms with E-state index >= 15 is 0 Å². The van der Waals surface area contributed by atoms with E-state index < -0.39 is 6.67 Å². The van der Waals surface area contributed by atoms with Crippen LogP contribution in [0.3, 0.4) is 0 Å². The lowest BCUT2D eigenvalue weighted by Crippen LogP contribution is -2.33. The van der Waals surface area contributed by atoms with Crippen molar-refractivity contribution >= 4 is 12.4 Å². The molecule has 10 heteroatoms. The van der Waals surface area contributed by atoms with Gasteiger partial charge in [0.1, 0.15) is 12.4 Å². The molecule has 1 aliphatic rings. The van der Waals surface area contributed by atoms with Crippen molar-refractivity contribution in [2.75, 3.05) is 19.8 Å². The molecule has 0 bridgehead atoms. The highest BCUT2D eigenvalue weighted by Crippen LogP contribution is 2.11. The monoisotopic (exact) mass is 338 g/mol. The van der Waals surface area contributed by atoms with Crippen LogP contribution in [0.2, 0.25) is 0 Å². The Morgan fingerprint density at radius 2 is 2.12 bits per heavy atom. The third-order valence-corrected chi connectivity index (χ3v) is 3.63. The second-order valence-electron chi connectivity index (χ2n) is 5.06. The minimum Gasteiger partial charge on any atom is -0.483 e. The SMILES string of the molecule is O=C(CCF)N1CCc2nnc(Cn3cccn3)n2CC1.O=CO. The van der Waals surface area contributed by atoms with Crippen molar-refractivity contribution in [3.05, 3.63) is 30.1 Å². The molecular weight excluding hydrogens is 319 g/mol. The van der Waals surface area contributed by atoms with Crippen molar-refractivity contribution in [2.45, 2.75) is 25.9 Å². The highest BCUT2D eigenvalue weighted by Gasteiger charge is 2.21. The lowest BCUT2D eigenvalue weighted by atomic mass is 10.3. The summed E-state index contributed by atoms with van der Waals surface area (Å²) >= 11 is 0. The standard InChI is InChI=1S/C13H17FN6O.CH2O2/c14-4-2-13(21)18-7-3-11-16-17-12(20(11)9-8-18)10-19-6-1-5-15-19;2-1-3/h1,5-6H,2-4,7-10H2;1H,(H,2,3). The highest BCUT2D eigenvalue weighted by molar-refractivity contribution is 5.76. The number of nitrogens with zero attached hydrogens (tertiary/aromatic N) is 6. The van der Waals surface area contributed by atoms with Crippen LogP contribution >= 0.6 is 0 Å². The van der Waals surface area contributed by atoms with Crippen LogP contribution < -0.4 is 0 Å². The molecule has 1 aliphatic heterocycles. The summed E-state index contributed by atoms with van der Waals surface area (Å²) in [4.78, 5) is 21.9. The molecule has 0 atom stereocenters. The third-order valence-electron chi connectivity index (χ3n) is 3.63. The number of hydrogen-bond donors (Lipinski definition) is 1. The Morgan fingerprint density at radius 3 is 2.79 bits per heavy atom. The molecule has 0 saturated carbocycles. The summed E-state index contributed by atoms with van der Waals surface area (Å²) in [7, 11) is 0. The average Bonchev–Trinajstić information content (AvgIpc) is 3.15. The second kappa shape index (κ2) is 8.75. The molecule has 9 nitrogen and oxygen atoms in total. The van der Waals surface area contributed by atoms with Crippen molar-refractivity contribution < 1.29 is 19.1 Å². The van der Waals surface area contributed by atoms with Crippen LogP contribution in [-0.4, -0.2) is 66.7 Å². The Morgan fingerprint density at radius 1 is 1.33 bits per heavy atom. The molecule has 1 N–H and O–H groups in total. The first-order chi connectivity index (χ1) is 11.7. The van der Waals surface area contributed by atoms with E-state index in [1.807, 2.05) is 16.8 Å². The molecule has 3 heterocycles. The second-order valence-corrected chi connectivity index (χ2v) is 5.06. The maximum Gasteiger partial charge on any atom is 0.290 e. The van der Waals surface area contributed by atoms with Crippen LogP contribution in [0.4, 0.5) is 4.39 Å². The third kappa shape index (κ3) is 4.37. The summed E-state index contributed by atoms with van der Waals surface area (Å²) in [5.41, 5.74) is 0. The van der Waals surface area contributed by atoms with E-state index in [0.29, 0.717) is 32.6 Å². The fourth-order valence-electron chi connectivity index (χ4n) is 2.53. The number of fused-ring (bicyclic) bond motifs is 1. The van der Waals surface area contributed by atoms with Gasteiger partial charge >= 0.3 is 0 Å². The van der Waals surface area contributed by atoms with Gasteiger partial charge in [0.05, 0.1) is 13.1 Å². The van der Waals surface area contributed by atoms with Gasteiger partial charge in [-0.05, 0) is 6.07 Å². The molecule has 130 valence electrons. The number of aromatic nitrogens is 5. The summed E-state index contributed by atoms with van der Waals surface area (Å²) < 4.78 is 16.1. The maximum absolute atomic E-state index is 12.3. The molecular formula is C14H19FN6O3. The van der Waals surface area contributed by atoms with Gasteiger partial charge in [-0.3, -0.25) is 18.7 Å². The zero-order valence-electron chi connectivity index (χ0n) is 13.1. The van der Waals surface area contributed by atoms with Gasteiger partial charge in [-0.15, -0.1) is 10.2 Å². The van der Waals surface area contributed by atoms with Gasteiger partial charge in [-0.1, -0.05) is 0 Å². The van der Waals surface area contributed by atoms with Crippen LogP contribution in [0, 0.1) is 0 Å². The lowest BCUT2D eigenvalue weighted by Gasteiger charge is -2.19. The maximum atomic E-state index is 12.3. The molecule has 3 rings (SSSR count). The summed E-state index contributed by atoms with van der Waals surface area (Å²) in [5.74, 6) is 1.56. The molecule has 0 unspecified atom stereocenters. The van der Waals surface area contributed by atoms with Crippen molar-refractivity contribution in [3.63, 3.8) is 0 Å². The van der Waals surface area contributed by atoms with Gasteiger partial charge in [-0.2, -0.15) is 5.10 Å². The minimum atomic E-state index is -0.605. The predicted octanol–water partition coefficient (Wildman–Crippen LogP) is -0.0320. The highest BCUT2D eigenvalue weighted by atomic mass is 19.1. The van der Waals surface area contributed by atoms with Gasteiger partial charge in [0.25, 0.3) is 6.47 Å². The zero-order valence-corrected chi connectivity index (χ0v) is 13.1. The van der Waals surface area contributed by atoms with Crippen LogP contribution in [0.15, 0.2) is 18.5 Å². The van der Waals surface area contributed by atoms with Crippen LogP contribution in [0.1, 0.15) is 18.1 Å². The molecule has 24 heavy (non-hydrogen) atoms. The van der Waals surface area contributed by atoms with Crippen LogP contribution in [-0.2, 0) is 29.1 Å². The van der Waals surface area contributed by atoms with Gasteiger partial charge in [-0.25, -0.2) is 0 Å². The van der Waals surface area contributed by atoms with Crippen molar-refractivity contribution in [2.24, 2.45) is 0 Å². The number of alkyl halides is 1. The molecule has 0 radical (unpaired) electrons. The molecule has 0 saturated heterocycles. The Balaban J connectivity index is 0.000000647. The summed E-state index contributed by atoms with van der Waals surface area (Å²) in [5, 5.41) is 19.5.